The van der Waals surface area contributed by atoms with E-state index in [1.807, 2.05) is 0 Å². The minimum absolute atomic E-state index is 0. The quantitative estimate of drug-likeness (QED) is 0.722. The summed E-state index contributed by atoms with van der Waals surface area (Å²) in [6.45, 7) is 3.28. The fourth-order valence-electron chi connectivity index (χ4n) is 0. The number of hydrogen-bond acceptors (Lipinski definition) is 1. The summed E-state index contributed by atoms with van der Waals surface area (Å²) >= 11 is 0. The van der Waals surface area contributed by atoms with Crippen molar-refractivity contribution in [2.45, 2.75) is 13.8 Å². The Hall–Kier alpha value is 0.405. The third-order valence-corrected chi connectivity index (χ3v) is 0.494. The summed E-state index contributed by atoms with van der Waals surface area (Å²) in [5.41, 5.74) is 0. The minimum Gasteiger partial charge on any atom is -0.481 e. The summed E-state index contributed by atoms with van der Waals surface area (Å²) in [6, 6.07) is 0. The summed E-state index contributed by atoms with van der Waals surface area (Å²) in [4.78, 5) is 9.70. The zero-order valence-electron chi connectivity index (χ0n) is 4.64. The van der Waals surface area contributed by atoms with Crippen LogP contribution in [-0.2, 0) is 32.5 Å². The van der Waals surface area contributed by atoms with E-state index in [-0.39, 0.29) is 33.6 Å². The zero-order valence-corrected chi connectivity index (χ0v) is 10.1. The van der Waals surface area contributed by atoms with Crippen molar-refractivity contribution in [3.8, 4) is 0 Å². The van der Waals surface area contributed by atoms with Crippen LogP contribution in [0.25, 0.3) is 0 Å². The Bertz CT molecular complexity index is 60.7. The van der Waals surface area contributed by atoms with Crippen molar-refractivity contribution in [1.29, 1.82) is 0 Å². The molecule has 7 heavy (non-hydrogen) atoms. The number of hydrogen-bond donors (Lipinski definition) is 1. The van der Waals surface area contributed by atoms with E-state index < -0.39 is 5.97 Å². The van der Waals surface area contributed by atoms with Gasteiger partial charge in [-0.1, -0.05) is 13.8 Å². The van der Waals surface area contributed by atoms with Gasteiger partial charge >= 0.3 is 5.97 Å². The Morgan fingerprint density at radius 3 is 1.71 bits per heavy atom. The van der Waals surface area contributed by atoms with Gasteiger partial charge < -0.3 is 5.11 Å². The van der Waals surface area contributed by atoms with Crippen molar-refractivity contribution in [3.05, 3.63) is 0 Å². The molecular weight excluding hydrogens is 281 g/mol. The van der Waals surface area contributed by atoms with Crippen molar-refractivity contribution in [2.24, 2.45) is 5.92 Å². The van der Waals surface area contributed by atoms with Crippen LogP contribution in [0.15, 0.2) is 0 Å². The van der Waals surface area contributed by atoms with Crippen LogP contribution in [0.4, 0.5) is 0 Å². The molecule has 0 saturated heterocycles. The number of carbonyl (C=O) groups is 1. The molecule has 1 N–H and O–H groups in total. The molecule has 2 nitrogen and oxygen atoms in total. The first-order chi connectivity index (χ1) is 2.64. The average Bonchev–Trinajstić information content (AvgIpc) is 1.36. The summed E-state index contributed by atoms with van der Waals surface area (Å²) in [6.07, 6.45) is 0. The number of carboxylic acids is 1. The molecule has 3 heteroatoms. The Labute approximate surface area is 63.4 Å². The molecule has 0 aliphatic heterocycles. The molecule has 0 aliphatic rings. The van der Waals surface area contributed by atoms with Gasteiger partial charge in [0, 0.05) is 27.7 Å². The number of carboxylic acid groups (broad SMARTS) is 1. The molecule has 0 aromatic rings. The fraction of sp³-hybridized carbons (Fsp3) is 0.750. The molecule has 0 aromatic heterocycles. The Morgan fingerprint density at radius 1 is 1.57 bits per heavy atom. The predicted molar refractivity (Wildman–Crippen MR) is 22.5 cm³/mol. The van der Waals surface area contributed by atoms with Crippen LogP contribution in [0.1, 0.15) is 13.8 Å². The molecule has 0 aromatic carbocycles. The molecule has 0 radical (unpaired) electrons. The fourth-order valence-corrected chi connectivity index (χ4v) is 0. The van der Waals surface area contributed by atoms with Gasteiger partial charge in [0.25, 0.3) is 0 Å². The van der Waals surface area contributed by atoms with E-state index in [1.165, 1.54) is 0 Å². The van der Waals surface area contributed by atoms with E-state index in [9.17, 15) is 4.79 Å². The predicted octanol–water partition coefficient (Wildman–Crippen LogP) is 0.724. The molecule has 0 heterocycles. The van der Waals surface area contributed by atoms with Gasteiger partial charge in [0.15, 0.2) is 0 Å². The Morgan fingerprint density at radius 2 is 1.71 bits per heavy atom. The first kappa shape index (κ1) is 10.4. The standard InChI is InChI=1S/C4H8O2.Hg/c1-3(2)4(5)6;/h3H,1-2H3,(H,5,6);. The maximum atomic E-state index is 9.70. The summed E-state index contributed by atoms with van der Waals surface area (Å²) in [5.74, 6) is -0.972. The summed E-state index contributed by atoms with van der Waals surface area (Å²) in [5, 5.41) is 7.99. The van der Waals surface area contributed by atoms with Crippen LogP contribution >= 0.6 is 0 Å². The summed E-state index contributed by atoms with van der Waals surface area (Å²) < 4.78 is 0. The molecule has 0 atom stereocenters. The van der Waals surface area contributed by atoms with Gasteiger partial charge in [0.2, 0.25) is 0 Å². The molecule has 0 unspecified atom stereocenters. The van der Waals surface area contributed by atoms with Gasteiger partial charge in [0.1, 0.15) is 0 Å². The van der Waals surface area contributed by atoms with E-state index in [1.54, 1.807) is 13.8 Å². The van der Waals surface area contributed by atoms with Crippen molar-refractivity contribution >= 4 is 5.97 Å². The second-order valence-corrected chi connectivity index (χ2v) is 1.49. The van der Waals surface area contributed by atoms with Gasteiger partial charge in [-0.2, -0.15) is 0 Å². The second kappa shape index (κ2) is 4.56. The zero-order chi connectivity index (χ0) is 5.15. The van der Waals surface area contributed by atoms with Crippen LogP contribution in [0.2, 0.25) is 0 Å². The van der Waals surface area contributed by atoms with Crippen LogP contribution in [-0.4, -0.2) is 11.1 Å². The molecule has 0 saturated carbocycles. The maximum Gasteiger partial charge on any atom is 0.305 e. The van der Waals surface area contributed by atoms with E-state index >= 15 is 0 Å². The minimum atomic E-state index is -0.741. The maximum absolute atomic E-state index is 9.70. The number of aliphatic carboxylic acids is 1. The van der Waals surface area contributed by atoms with E-state index in [0.29, 0.717) is 0 Å². The smallest absolute Gasteiger partial charge is 0.305 e. The molecule has 0 spiro atoms. The molecule has 0 rings (SSSR count). The van der Waals surface area contributed by atoms with Crippen molar-refractivity contribution in [2.75, 3.05) is 0 Å². The topological polar surface area (TPSA) is 37.3 Å². The van der Waals surface area contributed by atoms with Gasteiger partial charge in [-0.15, -0.1) is 0 Å². The third-order valence-electron chi connectivity index (χ3n) is 0.494. The SMILES string of the molecule is CC(C)C(=O)O.[Hg]. The van der Waals surface area contributed by atoms with E-state index in [4.69, 9.17) is 5.11 Å². The Balaban J connectivity index is 0. The van der Waals surface area contributed by atoms with Gasteiger partial charge in [0.05, 0.1) is 5.92 Å². The Kier molecular flexibility index (Phi) is 6.78. The van der Waals surface area contributed by atoms with Crippen LogP contribution in [0, 0.1) is 5.92 Å². The number of rotatable bonds is 1. The van der Waals surface area contributed by atoms with Gasteiger partial charge in [-0.25, -0.2) is 0 Å². The molecule has 38 valence electrons. The molecule has 0 amide bonds. The van der Waals surface area contributed by atoms with Crippen LogP contribution in [0.3, 0.4) is 0 Å². The van der Waals surface area contributed by atoms with Crippen molar-refractivity contribution in [1.82, 2.24) is 0 Å². The molecule has 0 aliphatic carbocycles. The summed E-state index contributed by atoms with van der Waals surface area (Å²) in [7, 11) is 0. The van der Waals surface area contributed by atoms with E-state index in [2.05, 4.69) is 0 Å². The van der Waals surface area contributed by atoms with Gasteiger partial charge in [-0.3, -0.25) is 4.79 Å². The van der Waals surface area contributed by atoms with Gasteiger partial charge in [-0.05, 0) is 0 Å². The van der Waals surface area contributed by atoms with E-state index in [0.717, 1.165) is 0 Å². The molecule has 0 bridgehead atoms. The normalized spacial score (nSPS) is 7.86. The molecular formula is C4H8HgO2. The second-order valence-electron chi connectivity index (χ2n) is 1.49. The van der Waals surface area contributed by atoms with Crippen molar-refractivity contribution < 1.29 is 37.6 Å². The monoisotopic (exact) mass is 290 g/mol. The van der Waals surface area contributed by atoms with Crippen LogP contribution in [0.5, 0.6) is 0 Å². The third kappa shape index (κ3) is 6.41. The average molecular weight is 289 g/mol. The largest absolute Gasteiger partial charge is 0.481 e. The first-order valence-electron chi connectivity index (χ1n) is 1.87. The van der Waals surface area contributed by atoms with Crippen LogP contribution < -0.4 is 0 Å². The first-order valence-corrected chi connectivity index (χ1v) is 1.87. The van der Waals surface area contributed by atoms with Crippen molar-refractivity contribution in [3.63, 3.8) is 0 Å². The molecule has 0 fully saturated rings.